The zero-order valence-corrected chi connectivity index (χ0v) is 9.43. The molecule has 0 atom stereocenters. The van der Waals surface area contributed by atoms with Crippen LogP contribution in [-0.2, 0) is 5.41 Å². The number of aromatic nitrogens is 1. The average molecular weight is 244 g/mol. The van der Waals surface area contributed by atoms with Crippen LogP contribution in [0.4, 0.5) is 13.2 Å². The standard InChI is InChI=1S/C12H15F3N2/c13-10-7-17-6-1-9(10)11(8-16)2-4-12(14,15)5-3-11/h1,6-7H,2-5,8,16H2. The maximum Gasteiger partial charge on any atom is 0.248 e. The Bertz CT molecular complexity index is 396. The van der Waals surface area contributed by atoms with Crippen molar-refractivity contribution < 1.29 is 13.2 Å². The lowest BCUT2D eigenvalue weighted by Crippen LogP contribution is -2.42. The molecule has 1 aliphatic carbocycles. The smallest absolute Gasteiger partial charge is 0.248 e. The fourth-order valence-electron chi connectivity index (χ4n) is 2.48. The molecular formula is C12H15F3N2. The Kier molecular flexibility index (Phi) is 3.12. The number of alkyl halides is 2. The number of hydrogen-bond donors (Lipinski definition) is 1. The molecule has 17 heavy (non-hydrogen) atoms. The van der Waals surface area contributed by atoms with E-state index in [2.05, 4.69) is 4.98 Å². The van der Waals surface area contributed by atoms with Gasteiger partial charge in [-0.3, -0.25) is 4.98 Å². The minimum Gasteiger partial charge on any atom is -0.330 e. The van der Waals surface area contributed by atoms with Gasteiger partial charge in [-0.1, -0.05) is 0 Å². The Morgan fingerprint density at radius 1 is 1.24 bits per heavy atom. The van der Waals surface area contributed by atoms with E-state index >= 15 is 0 Å². The predicted octanol–water partition coefficient (Wildman–Crippen LogP) is 2.63. The fraction of sp³-hybridized carbons (Fsp3) is 0.583. The summed E-state index contributed by atoms with van der Waals surface area (Å²) in [6.45, 7) is 0.185. The van der Waals surface area contributed by atoms with Crippen molar-refractivity contribution >= 4 is 0 Å². The van der Waals surface area contributed by atoms with Crippen LogP contribution in [0.1, 0.15) is 31.2 Å². The monoisotopic (exact) mass is 244 g/mol. The number of pyridine rings is 1. The Morgan fingerprint density at radius 3 is 2.41 bits per heavy atom. The van der Waals surface area contributed by atoms with Gasteiger partial charge in [0, 0.05) is 31.0 Å². The van der Waals surface area contributed by atoms with Crippen LogP contribution in [-0.4, -0.2) is 17.5 Å². The number of halogens is 3. The van der Waals surface area contributed by atoms with Crippen molar-refractivity contribution in [2.75, 3.05) is 6.54 Å². The third kappa shape index (κ3) is 2.29. The second-order valence-corrected chi connectivity index (χ2v) is 4.70. The highest BCUT2D eigenvalue weighted by Crippen LogP contribution is 2.45. The van der Waals surface area contributed by atoms with Gasteiger partial charge >= 0.3 is 0 Å². The topological polar surface area (TPSA) is 38.9 Å². The summed E-state index contributed by atoms with van der Waals surface area (Å²) >= 11 is 0. The van der Waals surface area contributed by atoms with Gasteiger partial charge in [0.2, 0.25) is 5.92 Å². The van der Waals surface area contributed by atoms with E-state index in [9.17, 15) is 13.2 Å². The van der Waals surface area contributed by atoms with Crippen molar-refractivity contribution in [2.45, 2.75) is 37.0 Å². The molecule has 1 aliphatic rings. The van der Waals surface area contributed by atoms with Crippen molar-refractivity contribution in [3.8, 4) is 0 Å². The van der Waals surface area contributed by atoms with Crippen LogP contribution in [0, 0.1) is 5.82 Å². The van der Waals surface area contributed by atoms with Gasteiger partial charge in [0.15, 0.2) is 0 Å². The molecule has 0 aliphatic heterocycles. The first-order chi connectivity index (χ1) is 7.99. The van der Waals surface area contributed by atoms with Gasteiger partial charge in [0.1, 0.15) is 5.82 Å². The molecule has 0 spiro atoms. The summed E-state index contributed by atoms with van der Waals surface area (Å²) in [5.74, 6) is -3.09. The lowest BCUT2D eigenvalue weighted by molar-refractivity contribution is -0.0513. The lowest BCUT2D eigenvalue weighted by atomic mass is 9.68. The maximum absolute atomic E-state index is 13.7. The molecule has 2 rings (SSSR count). The van der Waals surface area contributed by atoms with Gasteiger partial charge in [-0.25, -0.2) is 13.2 Å². The molecule has 0 bridgehead atoms. The first-order valence-electron chi connectivity index (χ1n) is 5.67. The summed E-state index contributed by atoms with van der Waals surface area (Å²) in [5.41, 5.74) is 5.46. The van der Waals surface area contributed by atoms with E-state index in [4.69, 9.17) is 5.73 Å². The molecule has 2 N–H and O–H groups in total. The first kappa shape index (κ1) is 12.4. The SMILES string of the molecule is NCC1(c2ccncc2F)CCC(F)(F)CC1. The van der Waals surface area contributed by atoms with Crippen LogP contribution in [0.15, 0.2) is 18.5 Å². The van der Waals surface area contributed by atoms with E-state index in [1.54, 1.807) is 6.07 Å². The molecular weight excluding hydrogens is 229 g/mol. The molecule has 1 aromatic rings. The van der Waals surface area contributed by atoms with Gasteiger partial charge in [-0.05, 0) is 24.5 Å². The minimum absolute atomic E-state index is 0.185. The van der Waals surface area contributed by atoms with Gasteiger partial charge in [-0.2, -0.15) is 0 Å². The summed E-state index contributed by atoms with van der Waals surface area (Å²) in [6, 6.07) is 1.55. The van der Waals surface area contributed by atoms with Crippen molar-refractivity contribution in [1.82, 2.24) is 4.98 Å². The summed E-state index contributed by atoms with van der Waals surface area (Å²) in [4.78, 5) is 3.67. The largest absolute Gasteiger partial charge is 0.330 e. The molecule has 1 saturated carbocycles. The number of hydrogen-bond acceptors (Lipinski definition) is 2. The molecule has 1 aromatic heterocycles. The van der Waals surface area contributed by atoms with E-state index in [0.29, 0.717) is 5.56 Å². The molecule has 0 unspecified atom stereocenters. The van der Waals surface area contributed by atoms with Gasteiger partial charge in [0.05, 0.1) is 6.20 Å². The van der Waals surface area contributed by atoms with Crippen molar-refractivity contribution in [3.05, 3.63) is 29.8 Å². The molecule has 2 nitrogen and oxygen atoms in total. The third-order valence-electron chi connectivity index (χ3n) is 3.67. The number of nitrogens with zero attached hydrogens (tertiary/aromatic N) is 1. The van der Waals surface area contributed by atoms with E-state index < -0.39 is 17.2 Å². The molecule has 0 aromatic carbocycles. The second-order valence-electron chi connectivity index (χ2n) is 4.70. The van der Waals surface area contributed by atoms with Crippen LogP contribution in [0.2, 0.25) is 0 Å². The van der Waals surface area contributed by atoms with Gasteiger partial charge in [-0.15, -0.1) is 0 Å². The highest BCUT2D eigenvalue weighted by Gasteiger charge is 2.44. The number of nitrogens with two attached hydrogens (primary N) is 1. The Balaban J connectivity index is 2.31. The molecule has 0 saturated heterocycles. The molecule has 94 valence electrons. The summed E-state index contributed by atoms with van der Waals surface area (Å²) < 4.78 is 40.0. The summed E-state index contributed by atoms with van der Waals surface area (Å²) in [6.07, 6.45) is 2.56. The zero-order chi connectivity index (χ0) is 12.5. The van der Waals surface area contributed by atoms with Crippen LogP contribution in [0.5, 0.6) is 0 Å². The summed E-state index contributed by atoms with van der Waals surface area (Å²) in [7, 11) is 0. The minimum atomic E-state index is -2.64. The van der Waals surface area contributed by atoms with Crippen molar-refractivity contribution in [2.24, 2.45) is 5.73 Å². The quantitative estimate of drug-likeness (QED) is 0.868. The number of rotatable bonds is 2. The Labute approximate surface area is 98.0 Å². The molecule has 1 heterocycles. The first-order valence-corrected chi connectivity index (χ1v) is 5.67. The fourth-order valence-corrected chi connectivity index (χ4v) is 2.48. The maximum atomic E-state index is 13.7. The Morgan fingerprint density at radius 2 is 1.88 bits per heavy atom. The highest BCUT2D eigenvalue weighted by molar-refractivity contribution is 5.26. The molecule has 5 heteroatoms. The van der Waals surface area contributed by atoms with E-state index in [0.717, 1.165) is 6.20 Å². The zero-order valence-electron chi connectivity index (χ0n) is 9.43. The van der Waals surface area contributed by atoms with Gasteiger partial charge in [0.25, 0.3) is 0 Å². The Hall–Kier alpha value is -1.10. The average Bonchev–Trinajstić information content (AvgIpc) is 2.31. The molecule has 0 amide bonds. The lowest BCUT2D eigenvalue weighted by Gasteiger charge is -2.39. The molecule has 1 fully saturated rings. The van der Waals surface area contributed by atoms with Gasteiger partial charge < -0.3 is 5.73 Å². The van der Waals surface area contributed by atoms with Crippen LogP contribution >= 0.6 is 0 Å². The van der Waals surface area contributed by atoms with Crippen LogP contribution in [0.3, 0.4) is 0 Å². The van der Waals surface area contributed by atoms with E-state index in [1.807, 2.05) is 0 Å². The van der Waals surface area contributed by atoms with E-state index in [-0.39, 0.29) is 32.2 Å². The second kappa shape index (κ2) is 4.29. The highest BCUT2D eigenvalue weighted by atomic mass is 19.3. The summed E-state index contributed by atoms with van der Waals surface area (Å²) in [5, 5.41) is 0. The molecule has 0 radical (unpaired) electrons. The van der Waals surface area contributed by atoms with Crippen LogP contribution < -0.4 is 5.73 Å². The third-order valence-corrected chi connectivity index (χ3v) is 3.67. The van der Waals surface area contributed by atoms with Crippen molar-refractivity contribution in [1.29, 1.82) is 0 Å². The van der Waals surface area contributed by atoms with Crippen molar-refractivity contribution in [3.63, 3.8) is 0 Å². The predicted molar refractivity (Wildman–Crippen MR) is 58.3 cm³/mol. The van der Waals surface area contributed by atoms with Crippen LogP contribution in [0.25, 0.3) is 0 Å². The van der Waals surface area contributed by atoms with E-state index in [1.165, 1.54) is 6.20 Å². The normalized spacial score (nSPS) is 22.4.